The van der Waals surface area contributed by atoms with E-state index in [2.05, 4.69) is 51.0 Å². The molecule has 3 nitrogen and oxygen atoms in total. The molecule has 0 fully saturated rings. The molecule has 0 aromatic carbocycles. The Morgan fingerprint density at radius 2 is 1.95 bits per heavy atom. The van der Waals surface area contributed by atoms with E-state index in [0.717, 1.165) is 38.8 Å². The summed E-state index contributed by atoms with van der Waals surface area (Å²) in [7, 11) is 2.19. The maximum atomic E-state index is 9.44. The SMILES string of the molecule is CCCNC(C#N)(CC)CCCN(C)C(C)CCC. The van der Waals surface area contributed by atoms with Gasteiger partial charge in [0.25, 0.3) is 0 Å². The fourth-order valence-corrected chi connectivity index (χ4v) is 2.42. The first-order valence-corrected chi connectivity index (χ1v) is 7.91. The smallest absolute Gasteiger partial charge is 0.106 e. The van der Waals surface area contributed by atoms with Gasteiger partial charge in [0.05, 0.1) is 6.07 Å². The van der Waals surface area contributed by atoms with E-state index >= 15 is 0 Å². The second kappa shape index (κ2) is 10.2. The van der Waals surface area contributed by atoms with Crippen molar-refractivity contribution in [2.24, 2.45) is 0 Å². The summed E-state index contributed by atoms with van der Waals surface area (Å²) in [4.78, 5) is 2.42. The molecule has 0 saturated carbocycles. The molecule has 2 unspecified atom stereocenters. The molecule has 0 aliphatic rings. The summed E-state index contributed by atoms with van der Waals surface area (Å²) in [5.41, 5.74) is -0.315. The molecule has 0 aliphatic heterocycles. The van der Waals surface area contributed by atoms with Crippen molar-refractivity contribution in [2.75, 3.05) is 20.1 Å². The van der Waals surface area contributed by atoms with E-state index in [4.69, 9.17) is 0 Å². The molecular formula is C16H33N3. The first kappa shape index (κ1) is 18.4. The number of hydrogen-bond acceptors (Lipinski definition) is 3. The van der Waals surface area contributed by atoms with Crippen molar-refractivity contribution in [3.8, 4) is 6.07 Å². The maximum absolute atomic E-state index is 9.44. The van der Waals surface area contributed by atoms with Crippen LogP contribution in [0.1, 0.15) is 66.2 Å². The maximum Gasteiger partial charge on any atom is 0.106 e. The summed E-state index contributed by atoms with van der Waals surface area (Å²) in [5.74, 6) is 0. The van der Waals surface area contributed by atoms with Gasteiger partial charge in [-0.1, -0.05) is 27.2 Å². The second-order valence-electron chi connectivity index (χ2n) is 5.70. The molecule has 112 valence electrons. The third kappa shape index (κ3) is 6.94. The van der Waals surface area contributed by atoms with Gasteiger partial charge in [-0.3, -0.25) is 5.32 Å². The van der Waals surface area contributed by atoms with Crippen LogP contribution >= 0.6 is 0 Å². The van der Waals surface area contributed by atoms with Gasteiger partial charge in [-0.15, -0.1) is 0 Å². The van der Waals surface area contributed by atoms with Crippen LogP contribution < -0.4 is 5.32 Å². The lowest BCUT2D eigenvalue weighted by Crippen LogP contribution is -2.44. The van der Waals surface area contributed by atoms with Crippen molar-refractivity contribution >= 4 is 0 Å². The first-order chi connectivity index (χ1) is 9.05. The summed E-state index contributed by atoms with van der Waals surface area (Å²) in [6, 6.07) is 3.14. The summed E-state index contributed by atoms with van der Waals surface area (Å²) >= 11 is 0. The number of nitrogens with zero attached hydrogens (tertiary/aromatic N) is 2. The van der Waals surface area contributed by atoms with Crippen LogP contribution in [0.4, 0.5) is 0 Å². The predicted octanol–water partition coefficient (Wildman–Crippen LogP) is 3.56. The van der Waals surface area contributed by atoms with Gasteiger partial charge in [-0.05, 0) is 59.2 Å². The quantitative estimate of drug-likeness (QED) is 0.622. The van der Waals surface area contributed by atoms with Crippen LogP contribution in [0.2, 0.25) is 0 Å². The highest BCUT2D eigenvalue weighted by Crippen LogP contribution is 2.17. The number of rotatable bonds is 11. The predicted molar refractivity (Wildman–Crippen MR) is 83.2 cm³/mol. The molecule has 0 heterocycles. The van der Waals surface area contributed by atoms with E-state index in [0.29, 0.717) is 6.04 Å². The van der Waals surface area contributed by atoms with Gasteiger partial charge in [0.1, 0.15) is 5.54 Å². The Hall–Kier alpha value is -0.590. The molecule has 0 spiro atoms. The van der Waals surface area contributed by atoms with Crippen molar-refractivity contribution < 1.29 is 0 Å². The number of nitriles is 1. The molecule has 2 atom stereocenters. The van der Waals surface area contributed by atoms with Crippen LogP contribution in [0.15, 0.2) is 0 Å². The van der Waals surface area contributed by atoms with E-state index in [1.165, 1.54) is 12.8 Å². The van der Waals surface area contributed by atoms with Crippen LogP contribution in [-0.4, -0.2) is 36.6 Å². The van der Waals surface area contributed by atoms with E-state index in [9.17, 15) is 5.26 Å². The second-order valence-corrected chi connectivity index (χ2v) is 5.70. The molecule has 0 amide bonds. The van der Waals surface area contributed by atoms with Crippen molar-refractivity contribution in [3.63, 3.8) is 0 Å². The first-order valence-electron chi connectivity index (χ1n) is 7.91. The summed E-state index contributed by atoms with van der Waals surface area (Å²) in [6.07, 6.45) is 6.49. The van der Waals surface area contributed by atoms with E-state index in [-0.39, 0.29) is 5.54 Å². The number of nitrogens with one attached hydrogen (secondary N) is 1. The van der Waals surface area contributed by atoms with Crippen LogP contribution in [0.3, 0.4) is 0 Å². The molecule has 0 aromatic heterocycles. The molecule has 0 bridgehead atoms. The van der Waals surface area contributed by atoms with Crippen molar-refractivity contribution in [3.05, 3.63) is 0 Å². The third-order valence-electron chi connectivity index (χ3n) is 4.10. The molecule has 0 radical (unpaired) electrons. The molecular weight excluding hydrogens is 234 g/mol. The molecule has 19 heavy (non-hydrogen) atoms. The van der Waals surface area contributed by atoms with Crippen LogP contribution in [0.25, 0.3) is 0 Å². The Morgan fingerprint density at radius 3 is 2.42 bits per heavy atom. The normalized spacial score (nSPS) is 16.1. The fraction of sp³-hybridized carbons (Fsp3) is 0.938. The lowest BCUT2D eigenvalue weighted by atomic mass is 9.91. The van der Waals surface area contributed by atoms with Gasteiger partial charge in [0.2, 0.25) is 0 Å². The van der Waals surface area contributed by atoms with Crippen LogP contribution in [0, 0.1) is 11.3 Å². The lowest BCUT2D eigenvalue weighted by molar-refractivity contribution is 0.229. The highest BCUT2D eigenvalue weighted by molar-refractivity contribution is 5.06. The van der Waals surface area contributed by atoms with Gasteiger partial charge in [0.15, 0.2) is 0 Å². The zero-order chi connectivity index (χ0) is 14.7. The van der Waals surface area contributed by atoms with Gasteiger partial charge < -0.3 is 4.90 Å². The van der Waals surface area contributed by atoms with Crippen LogP contribution in [-0.2, 0) is 0 Å². The largest absolute Gasteiger partial charge is 0.304 e. The molecule has 3 heteroatoms. The molecule has 0 aliphatic carbocycles. The van der Waals surface area contributed by atoms with Crippen molar-refractivity contribution in [1.29, 1.82) is 5.26 Å². The third-order valence-corrected chi connectivity index (χ3v) is 4.10. The summed E-state index contributed by atoms with van der Waals surface area (Å²) < 4.78 is 0. The van der Waals surface area contributed by atoms with E-state index in [1.54, 1.807) is 0 Å². The Labute approximate surface area is 120 Å². The van der Waals surface area contributed by atoms with E-state index in [1.807, 2.05) is 0 Å². The molecule has 0 aromatic rings. The molecule has 0 saturated heterocycles. The highest BCUT2D eigenvalue weighted by atomic mass is 15.1. The molecule has 1 N–H and O–H groups in total. The fourth-order valence-electron chi connectivity index (χ4n) is 2.42. The minimum atomic E-state index is -0.315. The van der Waals surface area contributed by atoms with E-state index < -0.39 is 0 Å². The Balaban J connectivity index is 4.16. The van der Waals surface area contributed by atoms with Crippen molar-refractivity contribution in [1.82, 2.24) is 10.2 Å². The summed E-state index contributed by atoms with van der Waals surface area (Å²) in [5, 5.41) is 12.9. The molecule has 0 rings (SSSR count). The van der Waals surface area contributed by atoms with Crippen LogP contribution in [0.5, 0.6) is 0 Å². The summed E-state index contributed by atoms with van der Waals surface area (Å²) in [6.45, 7) is 10.8. The Bertz CT molecular complexity index is 259. The average Bonchev–Trinajstić information content (AvgIpc) is 2.43. The standard InChI is InChI=1S/C16H33N3/c1-6-10-15(4)19(5)13-9-11-16(8-3,14-17)18-12-7-2/h15,18H,6-13H2,1-5H3. The van der Waals surface area contributed by atoms with Gasteiger partial charge in [-0.2, -0.15) is 5.26 Å². The minimum Gasteiger partial charge on any atom is -0.304 e. The number of hydrogen-bond donors (Lipinski definition) is 1. The average molecular weight is 267 g/mol. The topological polar surface area (TPSA) is 39.1 Å². The zero-order valence-electron chi connectivity index (χ0n) is 13.6. The van der Waals surface area contributed by atoms with Crippen molar-refractivity contribution in [2.45, 2.75) is 77.8 Å². The Kier molecular flexibility index (Phi) is 9.91. The monoisotopic (exact) mass is 267 g/mol. The highest BCUT2D eigenvalue weighted by Gasteiger charge is 2.26. The van der Waals surface area contributed by atoms with Gasteiger partial charge >= 0.3 is 0 Å². The lowest BCUT2D eigenvalue weighted by Gasteiger charge is -2.29. The zero-order valence-corrected chi connectivity index (χ0v) is 13.6. The minimum absolute atomic E-state index is 0.315. The Morgan fingerprint density at radius 1 is 1.26 bits per heavy atom. The van der Waals surface area contributed by atoms with Gasteiger partial charge in [-0.25, -0.2) is 0 Å². The van der Waals surface area contributed by atoms with Gasteiger partial charge in [0, 0.05) is 6.04 Å².